The molecule has 2 rings (SSSR count). The average Bonchev–Trinajstić information content (AvgIpc) is 2.71. The molecule has 1 amide bonds. The van der Waals surface area contributed by atoms with Gasteiger partial charge in [-0.05, 0) is 51.5 Å². The van der Waals surface area contributed by atoms with Crippen molar-refractivity contribution in [2.75, 3.05) is 5.32 Å². The zero-order valence-corrected chi connectivity index (χ0v) is 13.0. The summed E-state index contributed by atoms with van der Waals surface area (Å²) in [6.45, 7) is 7.96. The molecule has 3 nitrogen and oxygen atoms in total. The predicted octanol–water partition coefficient (Wildman–Crippen LogP) is 4.40. The lowest BCUT2D eigenvalue weighted by molar-refractivity contribution is 0.102. The molecule has 2 aromatic rings. The molecule has 0 aliphatic heterocycles. The number of hydrogen-bond acceptors (Lipinski definition) is 3. The molecule has 0 unspecified atom stereocenters. The molecule has 0 atom stereocenters. The van der Waals surface area contributed by atoms with Gasteiger partial charge >= 0.3 is 0 Å². The number of para-hydroxylation sites is 2. The van der Waals surface area contributed by atoms with E-state index in [4.69, 9.17) is 4.74 Å². The van der Waals surface area contributed by atoms with E-state index in [1.165, 1.54) is 16.2 Å². The fourth-order valence-electron chi connectivity index (χ4n) is 1.80. The molecule has 1 aromatic heterocycles. The number of ether oxygens (including phenoxy) is 1. The first kappa shape index (κ1) is 14.6. The normalized spacial score (nSPS) is 10.7. The van der Waals surface area contributed by atoms with Gasteiger partial charge in [0, 0.05) is 4.88 Å². The van der Waals surface area contributed by atoms with Crippen LogP contribution in [0, 0.1) is 13.8 Å². The van der Waals surface area contributed by atoms with Crippen LogP contribution in [-0.4, -0.2) is 12.0 Å². The third kappa shape index (κ3) is 3.39. The summed E-state index contributed by atoms with van der Waals surface area (Å²) in [6, 6.07) is 9.41. The molecule has 0 aliphatic rings. The minimum absolute atomic E-state index is 0.0688. The highest BCUT2D eigenvalue weighted by molar-refractivity contribution is 7.14. The summed E-state index contributed by atoms with van der Waals surface area (Å²) < 4.78 is 5.70. The zero-order chi connectivity index (χ0) is 14.7. The average molecular weight is 289 g/mol. The maximum atomic E-state index is 12.3. The summed E-state index contributed by atoms with van der Waals surface area (Å²) in [5, 5.41) is 2.92. The van der Waals surface area contributed by atoms with Crippen molar-refractivity contribution in [3.05, 3.63) is 45.6 Å². The van der Waals surface area contributed by atoms with Crippen LogP contribution in [0.25, 0.3) is 0 Å². The van der Waals surface area contributed by atoms with Crippen LogP contribution in [-0.2, 0) is 0 Å². The third-order valence-electron chi connectivity index (χ3n) is 2.89. The smallest absolute Gasteiger partial charge is 0.265 e. The number of thiophene rings is 1. The van der Waals surface area contributed by atoms with Crippen LogP contribution >= 0.6 is 11.3 Å². The lowest BCUT2D eigenvalue weighted by Crippen LogP contribution is -2.13. The fourth-order valence-corrected chi connectivity index (χ4v) is 2.72. The van der Waals surface area contributed by atoms with Crippen LogP contribution in [0.1, 0.15) is 34.0 Å². The second kappa shape index (κ2) is 6.09. The maximum absolute atomic E-state index is 12.3. The molecule has 0 bridgehead atoms. The third-order valence-corrected chi connectivity index (χ3v) is 4.04. The van der Waals surface area contributed by atoms with Crippen LogP contribution in [0.15, 0.2) is 30.3 Å². The number of carbonyl (C=O) groups is 1. The van der Waals surface area contributed by atoms with E-state index in [0.29, 0.717) is 11.4 Å². The minimum Gasteiger partial charge on any atom is -0.489 e. The Morgan fingerprint density at radius 1 is 1.25 bits per heavy atom. The number of rotatable bonds is 4. The van der Waals surface area contributed by atoms with Crippen molar-refractivity contribution in [2.45, 2.75) is 33.8 Å². The summed E-state index contributed by atoms with van der Waals surface area (Å²) >= 11 is 1.51. The number of anilines is 1. The van der Waals surface area contributed by atoms with Gasteiger partial charge in [-0.3, -0.25) is 4.79 Å². The van der Waals surface area contributed by atoms with Crippen molar-refractivity contribution < 1.29 is 9.53 Å². The van der Waals surface area contributed by atoms with Crippen LogP contribution in [0.2, 0.25) is 0 Å². The number of aryl methyl sites for hydroxylation is 2. The van der Waals surface area contributed by atoms with Crippen LogP contribution in [0.5, 0.6) is 5.75 Å². The molecule has 106 valence electrons. The molecule has 1 aromatic carbocycles. The molecule has 1 N–H and O–H groups in total. The Balaban J connectivity index is 2.19. The molecule has 0 saturated carbocycles. The number of nitrogens with one attached hydrogen (secondary N) is 1. The fraction of sp³-hybridized carbons (Fsp3) is 0.312. The quantitative estimate of drug-likeness (QED) is 0.905. The van der Waals surface area contributed by atoms with Gasteiger partial charge in [0.15, 0.2) is 0 Å². The summed E-state index contributed by atoms with van der Waals surface area (Å²) in [5.74, 6) is 0.604. The van der Waals surface area contributed by atoms with Crippen molar-refractivity contribution >= 4 is 22.9 Å². The first-order chi connectivity index (χ1) is 9.47. The SMILES string of the molecule is Cc1cc(C(=O)Nc2ccccc2OC(C)C)sc1C. The van der Waals surface area contributed by atoms with E-state index in [1.54, 1.807) is 0 Å². The van der Waals surface area contributed by atoms with Crippen molar-refractivity contribution in [1.82, 2.24) is 0 Å². The van der Waals surface area contributed by atoms with Gasteiger partial charge in [-0.2, -0.15) is 0 Å². The van der Waals surface area contributed by atoms with Crippen LogP contribution in [0.4, 0.5) is 5.69 Å². The van der Waals surface area contributed by atoms with E-state index in [-0.39, 0.29) is 12.0 Å². The van der Waals surface area contributed by atoms with Crippen LogP contribution in [0.3, 0.4) is 0 Å². The summed E-state index contributed by atoms with van der Waals surface area (Å²) in [5.41, 5.74) is 1.85. The largest absolute Gasteiger partial charge is 0.489 e. The maximum Gasteiger partial charge on any atom is 0.265 e. The summed E-state index contributed by atoms with van der Waals surface area (Å²) in [7, 11) is 0. The highest BCUT2D eigenvalue weighted by atomic mass is 32.1. The predicted molar refractivity (Wildman–Crippen MR) is 84.0 cm³/mol. The van der Waals surface area contributed by atoms with E-state index in [9.17, 15) is 4.79 Å². The van der Waals surface area contributed by atoms with Crippen molar-refractivity contribution in [1.29, 1.82) is 0 Å². The van der Waals surface area contributed by atoms with Gasteiger partial charge in [-0.1, -0.05) is 12.1 Å². The highest BCUT2D eigenvalue weighted by Crippen LogP contribution is 2.27. The monoisotopic (exact) mass is 289 g/mol. The second-order valence-corrected chi connectivity index (χ2v) is 6.22. The molecule has 0 saturated heterocycles. The first-order valence-electron chi connectivity index (χ1n) is 6.61. The van der Waals surface area contributed by atoms with Gasteiger partial charge in [-0.15, -0.1) is 11.3 Å². The van der Waals surface area contributed by atoms with E-state index in [0.717, 1.165) is 10.4 Å². The van der Waals surface area contributed by atoms with Crippen molar-refractivity contribution in [3.8, 4) is 5.75 Å². The van der Waals surface area contributed by atoms with Crippen LogP contribution < -0.4 is 10.1 Å². The number of amides is 1. The second-order valence-electron chi connectivity index (χ2n) is 4.97. The highest BCUT2D eigenvalue weighted by Gasteiger charge is 2.13. The Bertz CT molecular complexity index is 597. The Kier molecular flexibility index (Phi) is 4.45. The van der Waals surface area contributed by atoms with E-state index in [1.807, 2.05) is 58.0 Å². The van der Waals surface area contributed by atoms with Gasteiger partial charge in [0.25, 0.3) is 5.91 Å². The Morgan fingerprint density at radius 3 is 2.55 bits per heavy atom. The number of carbonyl (C=O) groups excluding carboxylic acids is 1. The topological polar surface area (TPSA) is 38.3 Å². The molecule has 0 radical (unpaired) electrons. The molecule has 1 heterocycles. The van der Waals surface area contributed by atoms with Crippen molar-refractivity contribution in [3.63, 3.8) is 0 Å². The van der Waals surface area contributed by atoms with Gasteiger partial charge in [0.1, 0.15) is 5.75 Å². The Hall–Kier alpha value is -1.81. The van der Waals surface area contributed by atoms with E-state index in [2.05, 4.69) is 5.32 Å². The van der Waals surface area contributed by atoms with Gasteiger partial charge < -0.3 is 10.1 Å². The lowest BCUT2D eigenvalue weighted by atomic mass is 10.2. The zero-order valence-electron chi connectivity index (χ0n) is 12.2. The minimum atomic E-state index is -0.0917. The Labute approximate surface area is 123 Å². The lowest BCUT2D eigenvalue weighted by Gasteiger charge is -2.14. The van der Waals surface area contributed by atoms with Crippen molar-refractivity contribution in [2.24, 2.45) is 0 Å². The number of benzene rings is 1. The molecule has 0 spiro atoms. The first-order valence-corrected chi connectivity index (χ1v) is 7.43. The molecule has 0 aliphatic carbocycles. The molecular weight excluding hydrogens is 270 g/mol. The Morgan fingerprint density at radius 2 is 1.95 bits per heavy atom. The number of hydrogen-bond donors (Lipinski definition) is 1. The standard InChI is InChI=1S/C16H19NO2S/c1-10(2)19-14-8-6-5-7-13(14)17-16(18)15-9-11(3)12(4)20-15/h5-10H,1-4H3,(H,17,18). The van der Waals surface area contributed by atoms with Gasteiger partial charge in [0.05, 0.1) is 16.7 Å². The van der Waals surface area contributed by atoms with E-state index < -0.39 is 0 Å². The van der Waals surface area contributed by atoms with Gasteiger partial charge in [-0.25, -0.2) is 0 Å². The van der Waals surface area contributed by atoms with Gasteiger partial charge in [0.2, 0.25) is 0 Å². The molecule has 20 heavy (non-hydrogen) atoms. The summed E-state index contributed by atoms with van der Waals surface area (Å²) in [4.78, 5) is 14.2. The molecule has 0 fully saturated rings. The summed E-state index contributed by atoms with van der Waals surface area (Å²) in [6.07, 6.45) is 0.0688. The van der Waals surface area contributed by atoms with E-state index >= 15 is 0 Å². The molecular formula is C16H19NO2S. The molecule has 4 heteroatoms.